The first-order valence-corrected chi connectivity index (χ1v) is 5.92. The summed E-state index contributed by atoms with van der Waals surface area (Å²) in [7, 11) is 0. The summed E-state index contributed by atoms with van der Waals surface area (Å²) >= 11 is 6.05. The summed E-state index contributed by atoms with van der Waals surface area (Å²) in [6.45, 7) is 1.52. The number of benzene rings is 1. The first-order valence-electron chi connectivity index (χ1n) is 5.54. The molecule has 0 spiro atoms. The maximum atomic E-state index is 11.0. The van der Waals surface area contributed by atoms with E-state index in [2.05, 4.69) is 0 Å². The average molecular weight is 256 g/mol. The Hall–Kier alpha value is -1.26. The number of aldehydes is 1. The molecule has 0 bridgehead atoms. The van der Waals surface area contributed by atoms with Crippen molar-refractivity contribution in [3.05, 3.63) is 22.2 Å². The molecule has 2 rings (SSSR count). The van der Waals surface area contributed by atoms with E-state index in [4.69, 9.17) is 26.8 Å². The van der Waals surface area contributed by atoms with Crippen LogP contribution in [0.4, 0.5) is 0 Å². The molecular weight excluding hydrogens is 242 g/mol. The van der Waals surface area contributed by atoms with Crippen LogP contribution < -0.4 is 15.2 Å². The van der Waals surface area contributed by atoms with Crippen LogP contribution in [0.2, 0.25) is 5.02 Å². The first-order chi connectivity index (χ1) is 8.27. The molecule has 1 aromatic carbocycles. The molecule has 0 atom stereocenters. The SMILES string of the molecule is NCCCc1cc(Cl)c(C=O)c2c1OCCO2. The number of hydrogen-bond acceptors (Lipinski definition) is 4. The van der Waals surface area contributed by atoms with E-state index in [9.17, 15) is 4.79 Å². The standard InChI is InChI=1S/C12H14ClNO3/c13-10-6-8(2-1-3-14)11-12(9(10)7-15)17-5-4-16-11/h6-7H,1-5,14H2. The molecule has 2 N–H and O–H groups in total. The second kappa shape index (κ2) is 5.38. The second-order valence-electron chi connectivity index (χ2n) is 3.80. The Labute approximate surface area is 105 Å². The van der Waals surface area contributed by atoms with E-state index in [-0.39, 0.29) is 0 Å². The third-order valence-electron chi connectivity index (χ3n) is 2.64. The minimum absolute atomic E-state index is 0.359. The number of hydrogen-bond donors (Lipinski definition) is 1. The molecule has 0 fully saturated rings. The molecule has 1 heterocycles. The number of nitrogens with two attached hydrogens (primary N) is 1. The molecule has 0 saturated heterocycles. The maximum Gasteiger partial charge on any atom is 0.173 e. The van der Waals surface area contributed by atoms with Gasteiger partial charge in [0.1, 0.15) is 13.2 Å². The molecule has 0 aromatic heterocycles. The minimum Gasteiger partial charge on any atom is -0.486 e. The Morgan fingerprint density at radius 3 is 2.71 bits per heavy atom. The van der Waals surface area contributed by atoms with Crippen LogP contribution in [0.1, 0.15) is 22.3 Å². The van der Waals surface area contributed by atoms with Gasteiger partial charge in [0.05, 0.1) is 10.6 Å². The van der Waals surface area contributed by atoms with E-state index in [0.29, 0.717) is 48.1 Å². The smallest absolute Gasteiger partial charge is 0.173 e. The minimum atomic E-state index is 0.359. The molecule has 0 radical (unpaired) electrons. The van der Waals surface area contributed by atoms with Crippen LogP contribution in [-0.4, -0.2) is 26.0 Å². The van der Waals surface area contributed by atoms with Crippen LogP contribution in [0.3, 0.4) is 0 Å². The number of fused-ring (bicyclic) bond motifs is 1. The van der Waals surface area contributed by atoms with Gasteiger partial charge in [-0.05, 0) is 31.0 Å². The average Bonchev–Trinajstić information content (AvgIpc) is 2.36. The van der Waals surface area contributed by atoms with Crippen molar-refractivity contribution >= 4 is 17.9 Å². The van der Waals surface area contributed by atoms with Crippen molar-refractivity contribution in [2.75, 3.05) is 19.8 Å². The second-order valence-corrected chi connectivity index (χ2v) is 4.20. The normalized spacial score (nSPS) is 13.5. The summed E-state index contributed by atoms with van der Waals surface area (Å²) in [5, 5.41) is 0.399. The van der Waals surface area contributed by atoms with Crippen molar-refractivity contribution in [2.45, 2.75) is 12.8 Å². The monoisotopic (exact) mass is 255 g/mol. The highest BCUT2D eigenvalue weighted by molar-refractivity contribution is 6.33. The van der Waals surface area contributed by atoms with Crippen molar-refractivity contribution < 1.29 is 14.3 Å². The Morgan fingerprint density at radius 2 is 2.06 bits per heavy atom. The summed E-state index contributed by atoms with van der Waals surface area (Å²) in [6, 6.07) is 1.76. The van der Waals surface area contributed by atoms with Gasteiger partial charge in [0.2, 0.25) is 0 Å². The summed E-state index contributed by atoms with van der Waals surface area (Å²) in [6.07, 6.45) is 2.30. The molecule has 1 aromatic rings. The Bertz CT molecular complexity index is 434. The highest BCUT2D eigenvalue weighted by Crippen LogP contribution is 2.40. The van der Waals surface area contributed by atoms with Gasteiger partial charge >= 0.3 is 0 Å². The highest BCUT2D eigenvalue weighted by atomic mass is 35.5. The lowest BCUT2D eigenvalue weighted by Gasteiger charge is -2.23. The van der Waals surface area contributed by atoms with Crippen molar-refractivity contribution in [2.24, 2.45) is 5.73 Å². The van der Waals surface area contributed by atoms with Crippen molar-refractivity contribution in [1.82, 2.24) is 0 Å². The van der Waals surface area contributed by atoms with E-state index in [1.165, 1.54) is 0 Å². The molecule has 5 heteroatoms. The van der Waals surface area contributed by atoms with Crippen LogP contribution in [0.15, 0.2) is 6.07 Å². The van der Waals surface area contributed by atoms with E-state index in [1.54, 1.807) is 6.07 Å². The van der Waals surface area contributed by atoms with Gasteiger partial charge in [-0.2, -0.15) is 0 Å². The largest absolute Gasteiger partial charge is 0.486 e. The summed E-state index contributed by atoms with van der Waals surface area (Å²) in [5.74, 6) is 1.10. The van der Waals surface area contributed by atoms with Gasteiger partial charge in [0, 0.05) is 0 Å². The predicted octanol–water partition coefficient (Wildman–Crippen LogP) is 1.81. The molecule has 17 heavy (non-hydrogen) atoms. The van der Waals surface area contributed by atoms with E-state index in [0.717, 1.165) is 18.4 Å². The number of ether oxygens (including phenoxy) is 2. The lowest BCUT2D eigenvalue weighted by molar-refractivity contribution is 0.111. The zero-order valence-corrected chi connectivity index (χ0v) is 10.1. The van der Waals surface area contributed by atoms with E-state index < -0.39 is 0 Å². The molecule has 92 valence electrons. The molecule has 1 aliphatic heterocycles. The molecule has 0 saturated carbocycles. The summed E-state index contributed by atoms with van der Waals surface area (Å²) in [4.78, 5) is 11.0. The Morgan fingerprint density at radius 1 is 1.35 bits per heavy atom. The third-order valence-corrected chi connectivity index (χ3v) is 2.96. The van der Waals surface area contributed by atoms with Gasteiger partial charge in [0.15, 0.2) is 17.8 Å². The van der Waals surface area contributed by atoms with Gasteiger partial charge in [-0.15, -0.1) is 0 Å². The predicted molar refractivity (Wildman–Crippen MR) is 65.2 cm³/mol. The van der Waals surface area contributed by atoms with Gasteiger partial charge in [-0.3, -0.25) is 4.79 Å². The van der Waals surface area contributed by atoms with Crippen molar-refractivity contribution in [3.8, 4) is 11.5 Å². The van der Waals surface area contributed by atoms with Gasteiger partial charge in [-0.25, -0.2) is 0 Å². The number of carbonyl (C=O) groups is 1. The molecular formula is C12H14ClNO3. The fraction of sp³-hybridized carbons (Fsp3) is 0.417. The number of rotatable bonds is 4. The van der Waals surface area contributed by atoms with Crippen LogP contribution >= 0.6 is 11.6 Å². The van der Waals surface area contributed by atoms with Crippen LogP contribution in [0, 0.1) is 0 Å². The number of aryl methyl sites for hydroxylation is 1. The van der Waals surface area contributed by atoms with Gasteiger partial charge in [0.25, 0.3) is 0 Å². The molecule has 1 aliphatic rings. The fourth-order valence-electron chi connectivity index (χ4n) is 1.85. The third kappa shape index (κ3) is 2.37. The quantitative estimate of drug-likeness (QED) is 0.834. The van der Waals surface area contributed by atoms with Gasteiger partial charge in [-0.1, -0.05) is 11.6 Å². The lowest BCUT2D eigenvalue weighted by atomic mass is 10.0. The molecule has 0 aliphatic carbocycles. The number of halogens is 1. The number of carbonyl (C=O) groups excluding carboxylic acids is 1. The molecule has 4 nitrogen and oxygen atoms in total. The zero-order chi connectivity index (χ0) is 12.3. The fourth-order valence-corrected chi connectivity index (χ4v) is 2.11. The van der Waals surface area contributed by atoms with Crippen LogP contribution in [0.5, 0.6) is 11.5 Å². The zero-order valence-electron chi connectivity index (χ0n) is 9.37. The van der Waals surface area contributed by atoms with E-state index >= 15 is 0 Å². The van der Waals surface area contributed by atoms with E-state index in [1.807, 2.05) is 0 Å². The Kier molecular flexibility index (Phi) is 3.86. The van der Waals surface area contributed by atoms with Crippen molar-refractivity contribution in [1.29, 1.82) is 0 Å². The molecule has 0 unspecified atom stereocenters. The highest BCUT2D eigenvalue weighted by Gasteiger charge is 2.22. The van der Waals surface area contributed by atoms with Crippen LogP contribution in [-0.2, 0) is 6.42 Å². The van der Waals surface area contributed by atoms with Gasteiger partial charge < -0.3 is 15.2 Å². The summed E-state index contributed by atoms with van der Waals surface area (Å²) < 4.78 is 11.0. The first kappa shape index (κ1) is 12.2. The maximum absolute atomic E-state index is 11.0. The van der Waals surface area contributed by atoms with Crippen LogP contribution in [0.25, 0.3) is 0 Å². The van der Waals surface area contributed by atoms with Crippen molar-refractivity contribution in [3.63, 3.8) is 0 Å². The summed E-state index contributed by atoms with van der Waals surface area (Å²) in [5.41, 5.74) is 6.79. The lowest BCUT2D eigenvalue weighted by Crippen LogP contribution is -2.18. The topological polar surface area (TPSA) is 61.6 Å². The molecule has 0 amide bonds. The Balaban J connectivity index is 2.46.